The second-order valence-electron chi connectivity index (χ2n) is 8.04. The van der Waals surface area contributed by atoms with Crippen molar-refractivity contribution in [1.29, 1.82) is 0 Å². The monoisotopic (exact) mass is 448 g/mol. The number of fused-ring (bicyclic) bond motifs is 1. The van der Waals surface area contributed by atoms with Gasteiger partial charge in [-0.2, -0.15) is 0 Å². The minimum Gasteiger partial charge on any atom is -0.350 e. The van der Waals surface area contributed by atoms with Gasteiger partial charge in [-0.05, 0) is 37.0 Å². The zero-order chi connectivity index (χ0) is 21.2. The molecule has 0 aliphatic carbocycles. The third kappa shape index (κ3) is 6.09. The zero-order valence-corrected chi connectivity index (χ0v) is 17.6. The van der Waals surface area contributed by atoms with Crippen LogP contribution in [-0.4, -0.2) is 65.3 Å². The van der Waals surface area contributed by atoms with Gasteiger partial charge in [0, 0.05) is 32.6 Å². The van der Waals surface area contributed by atoms with Crippen LogP contribution >= 0.6 is 12.4 Å². The number of alkyl halides is 2. The van der Waals surface area contributed by atoms with Crippen LogP contribution in [0.1, 0.15) is 31.7 Å². The number of hydrogen-bond acceptors (Lipinski definition) is 4. The summed E-state index contributed by atoms with van der Waals surface area (Å²) in [5.74, 6) is -3.87. The Kier molecular flexibility index (Phi) is 8.13. The minimum absolute atomic E-state index is 0. The number of carbonyl (C=O) groups excluding carboxylic acids is 2. The fraction of sp³-hybridized carbons (Fsp3) is 0.600. The largest absolute Gasteiger partial charge is 0.350 e. The Bertz CT molecular complexity index is 745. The van der Waals surface area contributed by atoms with Crippen molar-refractivity contribution in [3.8, 4) is 0 Å². The summed E-state index contributed by atoms with van der Waals surface area (Å²) in [6, 6.07) is 4.04. The summed E-state index contributed by atoms with van der Waals surface area (Å²) in [4.78, 5) is 28.7. The zero-order valence-electron chi connectivity index (χ0n) is 16.8. The number of amides is 2. The molecule has 30 heavy (non-hydrogen) atoms. The first-order valence-corrected chi connectivity index (χ1v) is 9.84. The summed E-state index contributed by atoms with van der Waals surface area (Å²) in [6.45, 7) is 1.07. The van der Waals surface area contributed by atoms with Gasteiger partial charge in [-0.1, -0.05) is 12.1 Å². The summed E-state index contributed by atoms with van der Waals surface area (Å²) in [5, 5.41) is 2.80. The highest BCUT2D eigenvalue weighted by atomic mass is 35.5. The van der Waals surface area contributed by atoms with Crippen LogP contribution in [0.2, 0.25) is 0 Å². The van der Waals surface area contributed by atoms with Gasteiger partial charge in [0.25, 0.3) is 5.92 Å². The molecule has 3 rings (SSSR count). The number of nitrogens with zero attached hydrogens (tertiary/aromatic N) is 2. The molecule has 3 N–H and O–H groups in total. The van der Waals surface area contributed by atoms with Crippen molar-refractivity contribution in [3.63, 3.8) is 0 Å². The van der Waals surface area contributed by atoms with Crippen molar-refractivity contribution >= 4 is 24.2 Å². The fourth-order valence-electron chi connectivity index (χ4n) is 4.17. The number of benzene rings is 1. The van der Waals surface area contributed by atoms with Crippen LogP contribution in [0.25, 0.3) is 0 Å². The average molecular weight is 449 g/mol. The van der Waals surface area contributed by atoms with Gasteiger partial charge in [-0.15, -0.1) is 12.4 Å². The van der Waals surface area contributed by atoms with Gasteiger partial charge in [-0.25, -0.2) is 13.2 Å². The van der Waals surface area contributed by atoms with Gasteiger partial charge in [0.2, 0.25) is 11.8 Å². The van der Waals surface area contributed by atoms with E-state index in [0.717, 1.165) is 12.5 Å². The predicted molar refractivity (Wildman–Crippen MR) is 109 cm³/mol. The molecule has 2 heterocycles. The van der Waals surface area contributed by atoms with Crippen molar-refractivity contribution in [2.75, 3.05) is 19.6 Å². The molecule has 0 spiro atoms. The summed E-state index contributed by atoms with van der Waals surface area (Å²) < 4.78 is 39.8. The van der Waals surface area contributed by atoms with Crippen LogP contribution in [0.15, 0.2) is 24.3 Å². The van der Waals surface area contributed by atoms with E-state index >= 15 is 0 Å². The van der Waals surface area contributed by atoms with Crippen molar-refractivity contribution in [2.45, 2.75) is 56.8 Å². The Labute approximate surface area is 180 Å². The molecular formula is C20H28ClF3N4O2. The molecule has 168 valence electrons. The number of carbonyl (C=O) groups is 2. The first-order chi connectivity index (χ1) is 13.6. The van der Waals surface area contributed by atoms with Crippen LogP contribution in [0, 0.1) is 5.82 Å². The minimum atomic E-state index is -2.86. The van der Waals surface area contributed by atoms with Gasteiger partial charge in [-0.3, -0.25) is 14.5 Å². The predicted octanol–water partition coefficient (Wildman–Crippen LogP) is 1.91. The van der Waals surface area contributed by atoms with Crippen LogP contribution in [-0.2, 0) is 16.1 Å². The normalized spacial score (nSPS) is 25.2. The Morgan fingerprint density at radius 2 is 1.90 bits per heavy atom. The molecule has 3 atom stereocenters. The smallest absolute Gasteiger partial charge is 0.257 e. The summed E-state index contributed by atoms with van der Waals surface area (Å²) in [5.41, 5.74) is 6.76. The molecule has 2 amide bonds. The molecule has 2 fully saturated rings. The van der Waals surface area contributed by atoms with Crippen LogP contribution in [0.5, 0.6) is 0 Å². The number of rotatable bonds is 5. The second kappa shape index (κ2) is 9.98. The van der Waals surface area contributed by atoms with E-state index in [1.165, 1.54) is 17.0 Å². The van der Waals surface area contributed by atoms with E-state index in [4.69, 9.17) is 5.73 Å². The number of halogens is 4. The van der Waals surface area contributed by atoms with E-state index in [1.807, 2.05) is 0 Å². The van der Waals surface area contributed by atoms with E-state index in [2.05, 4.69) is 5.32 Å². The van der Waals surface area contributed by atoms with E-state index in [1.54, 1.807) is 17.0 Å². The first-order valence-electron chi connectivity index (χ1n) is 9.84. The van der Waals surface area contributed by atoms with E-state index in [9.17, 15) is 22.8 Å². The SMILES string of the molecule is CC(F)(F)CN1CC[C@H]2CC[C@@H](C(=O)NCc3ccc(F)cc3)N2C(=O)[C@@H](N)C1.Cl. The molecule has 0 aromatic heterocycles. The van der Waals surface area contributed by atoms with Gasteiger partial charge in [0.05, 0.1) is 12.6 Å². The Morgan fingerprint density at radius 3 is 2.53 bits per heavy atom. The lowest BCUT2D eigenvalue weighted by molar-refractivity contribution is -0.143. The maximum absolute atomic E-state index is 13.4. The van der Waals surface area contributed by atoms with Crippen molar-refractivity contribution in [2.24, 2.45) is 5.73 Å². The van der Waals surface area contributed by atoms with Crippen LogP contribution < -0.4 is 11.1 Å². The number of nitrogens with two attached hydrogens (primary N) is 1. The molecule has 0 bridgehead atoms. The molecule has 1 aromatic carbocycles. The third-order valence-electron chi connectivity index (χ3n) is 5.49. The van der Waals surface area contributed by atoms with Crippen LogP contribution in [0.3, 0.4) is 0 Å². The third-order valence-corrected chi connectivity index (χ3v) is 5.49. The Morgan fingerprint density at radius 1 is 1.23 bits per heavy atom. The quantitative estimate of drug-likeness (QED) is 0.721. The lowest BCUT2D eigenvalue weighted by Gasteiger charge is -2.38. The average Bonchev–Trinajstić information content (AvgIpc) is 3.06. The number of hydrogen-bond donors (Lipinski definition) is 2. The Balaban J connectivity index is 0.00000320. The molecular weight excluding hydrogens is 421 g/mol. The first kappa shape index (κ1) is 24.4. The van der Waals surface area contributed by atoms with Crippen molar-refractivity contribution in [1.82, 2.24) is 15.1 Å². The highest BCUT2D eigenvalue weighted by Gasteiger charge is 2.44. The lowest BCUT2D eigenvalue weighted by Crippen LogP contribution is -2.59. The topological polar surface area (TPSA) is 78.7 Å². The second-order valence-corrected chi connectivity index (χ2v) is 8.04. The molecule has 6 nitrogen and oxygen atoms in total. The van der Waals surface area contributed by atoms with Gasteiger partial charge >= 0.3 is 0 Å². The summed E-state index contributed by atoms with van der Waals surface area (Å²) >= 11 is 0. The Hall–Kier alpha value is -1.84. The standard InChI is InChI=1S/C20H27F3N4O2.ClH/c1-20(22,23)12-26-9-8-15-6-7-17(27(15)19(29)16(24)11-26)18(28)25-10-13-2-4-14(21)5-3-13;/h2-5,15-17H,6-12,24H2,1H3,(H,25,28);1H/t15-,16+,17+;/m1./s1. The molecule has 2 aliphatic rings. The molecule has 10 heteroatoms. The molecule has 0 unspecified atom stereocenters. The molecule has 0 saturated carbocycles. The maximum Gasteiger partial charge on any atom is 0.257 e. The highest BCUT2D eigenvalue weighted by Crippen LogP contribution is 2.29. The lowest BCUT2D eigenvalue weighted by atomic mass is 10.1. The van der Waals surface area contributed by atoms with Gasteiger partial charge in [0.1, 0.15) is 11.9 Å². The molecule has 2 aliphatic heterocycles. The molecule has 2 saturated heterocycles. The van der Waals surface area contributed by atoms with E-state index < -0.39 is 24.6 Å². The van der Waals surface area contributed by atoms with Gasteiger partial charge in [0.15, 0.2) is 0 Å². The molecule has 0 radical (unpaired) electrons. The van der Waals surface area contributed by atoms with Gasteiger partial charge < -0.3 is 16.0 Å². The summed E-state index contributed by atoms with van der Waals surface area (Å²) in [6.07, 6.45) is 1.65. The van der Waals surface area contributed by atoms with E-state index in [-0.39, 0.29) is 49.2 Å². The summed E-state index contributed by atoms with van der Waals surface area (Å²) in [7, 11) is 0. The maximum atomic E-state index is 13.4. The molecule has 1 aromatic rings. The van der Waals surface area contributed by atoms with Crippen molar-refractivity contribution in [3.05, 3.63) is 35.6 Å². The van der Waals surface area contributed by atoms with Crippen molar-refractivity contribution < 1.29 is 22.8 Å². The highest BCUT2D eigenvalue weighted by molar-refractivity contribution is 5.90. The van der Waals surface area contributed by atoms with Crippen LogP contribution in [0.4, 0.5) is 13.2 Å². The number of nitrogens with one attached hydrogen (secondary N) is 1. The fourth-order valence-corrected chi connectivity index (χ4v) is 4.17. The van der Waals surface area contributed by atoms with E-state index in [0.29, 0.717) is 25.8 Å².